The molecule has 0 amide bonds. The summed E-state index contributed by atoms with van der Waals surface area (Å²) in [6, 6.07) is 14.6. The lowest BCUT2D eigenvalue weighted by molar-refractivity contribution is 0.596. The molecule has 0 heterocycles. The summed E-state index contributed by atoms with van der Waals surface area (Å²) in [6.45, 7) is 5.27. The minimum atomic E-state index is 0.126. The van der Waals surface area contributed by atoms with Crippen molar-refractivity contribution in [3.8, 4) is 0 Å². The van der Waals surface area contributed by atoms with E-state index in [1.54, 1.807) is 0 Å². The molecule has 0 saturated heterocycles. The third kappa shape index (κ3) is 3.63. The molecule has 106 valence electrons. The van der Waals surface area contributed by atoms with E-state index in [1.165, 1.54) is 11.1 Å². The van der Waals surface area contributed by atoms with Gasteiger partial charge < -0.3 is 5.32 Å². The summed E-state index contributed by atoms with van der Waals surface area (Å²) < 4.78 is 1.05. The van der Waals surface area contributed by atoms with Gasteiger partial charge in [0.1, 0.15) is 0 Å². The van der Waals surface area contributed by atoms with Crippen LogP contribution < -0.4 is 5.32 Å². The van der Waals surface area contributed by atoms with Gasteiger partial charge in [0.2, 0.25) is 0 Å². The number of halogens is 2. The van der Waals surface area contributed by atoms with Crippen molar-refractivity contribution in [3.05, 3.63) is 68.7 Å². The number of nitrogens with one attached hydrogen (secondary N) is 1. The predicted octanol–water partition coefficient (Wildman–Crippen LogP) is 5.50. The highest BCUT2D eigenvalue weighted by molar-refractivity contribution is 9.10. The Morgan fingerprint density at radius 1 is 1.15 bits per heavy atom. The quantitative estimate of drug-likeness (QED) is 0.749. The van der Waals surface area contributed by atoms with Crippen LogP contribution in [0.3, 0.4) is 0 Å². The molecule has 0 radical (unpaired) electrons. The second-order valence-electron chi connectivity index (χ2n) is 4.91. The van der Waals surface area contributed by atoms with Crippen LogP contribution in [0.25, 0.3) is 0 Å². The fourth-order valence-corrected chi connectivity index (χ4v) is 2.93. The average molecular weight is 353 g/mol. The molecule has 0 bridgehead atoms. The van der Waals surface area contributed by atoms with Gasteiger partial charge in [0, 0.05) is 9.50 Å². The Kier molecular flexibility index (Phi) is 5.64. The van der Waals surface area contributed by atoms with E-state index in [4.69, 9.17) is 11.6 Å². The molecule has 20 heavy (non-hydrogen) atoms. The van der Waals surface area contributed by atoms with Gasteiger partial charge >= 0.3 is 0 Å². The average Bonchev–Trinajstić information content (AvgIpc) is 2.44. The van der Waals surface area contributed by atoms with Crippen molar-refractivity contribution >= 4 is 27.5 Å². The van der Waals surface area contributed by atoms with E-state index in [0.717, 1.165) is 28.0 Å². The molecule has 0 aliphatic heterocycles. The molecule has 2 rings (SSSR count). The van der Waals surface area contributed by atoms with Crippen molar-refractivity contribution in [1.82, 2.24) is 5.32 Å². The maximum atomic E-state index is 6.41. The topological polar surface area (TPSA) is 12.0 Å². The van der Waals surface area contributed by atoms with Gasteiger partial charge in [0.05, 0.1) is 6.04 Å². The second-order valence-corrected chi connectivity index (χ2v) is 6.23. The van der Waals surface area contributed by atoms with E-state index < -0.39 is 0 Å². The molecule has 0 saturated carbocycles. The van der Waals surface area contributed by atoms with Crippen molar-refractivity contribution in [2.75, 3.05) is 6.54 Å². The highest BCUT2D eigenvalue weighted by Crippen LogP contribution is 2.32. The maximum Gasteiger partial charge on any atom is 0.0594 e. The molecule has 3 heteroatoms. The van der Waals surface area contributed by atoms with Gasteiger partial charge in [-0.05, 0) is 54.8 Å². The first-order chi connectivity index (χ1) is 9.63. The van der Waals surface area contributed by atoms with Gasteiger partial charge in [-0.1, -0.05) is 58.7 Å². The Hall–Kier alpha value is -0.830. The minimum absolute atomic E-state index is 0.126. The van der Waals surface area contributed by atoms with E-state index in [9.17, 15) is 0 Å². The molecule has 0 spiro atoms. The molecule has 2 aromatic carbocycles. The van der Waals surface area contributed by atoms with Crippen molar-refractivity contribution < 1.29 is 0 Å². The van der Waals surface area contributed by atoms with E-state index in [2.05, 4.69) is 65.4 Å². The highest BCUT2D eigenvalue weighted by Gasteiger charge is 2.18. The number of hydrogen-bond acceptors (Lipinski definition) is 1. The van der Waals surface area contributed by atoms with Gasteiger partial charge in [-0.3, -0.25) is 0 Å². The predicted molar refractivity (Wildman–Crippen MR) is 90.5 cm³/mol. The lowest BCUT2D eigenvalue weighted by Crippen LogP contribution is -2.24. The van der Waals surface area contributed by atoms with E-state index in [-0.39, 0.29) is 6.04 Å². The lowest BCUT2D eigenvalue weighted by atomic mass is 9.95. The molecule has 0 aliphatic carbocycles. The maximum absolute atomic E-state index is 6.41. The van der Waals surface area contributed by atoms with E-state index in [1.807, 2.05) is 12.1 Å². The third-order valence-corrected chi connectivity index (χ3v) is 4.20. The first-order valence-electron chi connectivity index (χ1n) is 6.87. The first kappa shape index (κ1) is 15.6. The standard InChI is InChI=1S/C17H19BrClN/c1-3-10-20-17(14-7-5-4-6-12(14)2)15-11-13(18)8-9-16(15)19/h4-9,11,17,20H,3,10H2,1-2H3. The zero-order valence-corrected chi connectivity index (χ0v) is 14.1. The highest BCUT2D eigenvalue weighted by atomic mass is 79.9. The Morgan fingerprint density at radius 2 is 1.90 bits per heavy atom. The zero-order chi connectivity index (χ0) is 14.5. The van der Waals surface area contributed by atoms with Crippen LogP contribution in [0.4, 0.5) is 0 Å². The zero-order valence-electron chi connectivity index (χ0n) is 11.8. The molecular weight excluding hydrogens is 334 g/mol. The number of benzene rings is 2. The van der Waals surface area contributed by atoms with Gasteiger partial charge in [-0.2, -0.15) is 0 Å². The second kappa shape index (κ2) is 7.26. The molecule has 0 aliphatic rings. The van der Waals surface area contributed by atoms with Crippen LogP contribution in [-0.4, -0.2) is 6.54 Å². The normalized spacial score (nSPS) is 12.4. The van der Waals surface area contributed by atoms with Crippen LogP contribution in [0.1, 0.15) is 36.1 Å². The Labute approximate surface area is 134 Å². The molecular formula is C17H19BrClN. The summed E-state index contributed by atoms with van der Waals surface area (Å²) in [5.74, 6) is 0. The Bertz CT molecular complexity index is 583. The SMILES string of the molecule is CCCNC(c1ccccc1C)c1cc(Br)ccc1Cl. The minimum Gasteiger partial charge on any atom is -0.306 e. The molecule has 0 fully saturated rings. The fourth-order valence-electron chi connectivity index (χ4n) is 2.32. The van der Waals surface area contributed by atoms with Crippen LogP contribution >= 0.6 is 27.5 Å². The van der Waals surface area contributed by atoms with Crippen LogP contribution in [0, 0.1) is 6.92 Å². The van der Waals surface area contributed by atoms with Crippen LogP contribution in [0.15, 0.2) is 46.9 Å². The van der Waals surface area contributed by atoms with Gasteiger partial charge in [-0.15, -0.1) is 0 Å². The molecule has 1 N–H and O–H groups in total. The van der Waals surface area contributed by atoms with Gasteiger partial charge in [-0.25, -0.2) is 0 Å². The van der Waals surface area contributed by atoms with Crippen molar-refractivity contribution in [1.29, 1.82) is 0 Å². The summed E-state index contributed by atoms with van der Waals surface area (Å²) in [5.41, 5.74) is 3.67. The van der Waals surface area contributed by atoms with Crippen LogP contribution in [0.2, 0.25) is 5.02 Å². The monoisotopic (exact) mass is 351 g/mol. The van der Waals surface area contributed by atoms with Crippen molar-refractivity contribution in [3.63, 3.8) is 0 Å². The lowest BCUT2D eigenvalue weighted by Gasteiger charge is -2.22. The summed E-state index contributed by atoms with van der Waals surface area (Å²) in [7, 11) is 0. The Balaban J connectivity index is 2.47. The van der Waals surface area contributed by atoms with Crippen LogP contribution in [0.5, 0.6) is 0 Å². The molecule has 2 aromatic rings. The van der Waals surface area contributed by atoms with E-state index >= 15 is 0 Å². The molecule has 1 atom stereocenters. The molecule has 0 aromatic heterocycles. The number of hydrogen-bond donors (Lipinski definition) is 1. The summed E-state index contributed by atoms with van der Waals surface area (Å²) in [6.07, 6.45) is 1.09. The fraction of sp³-hybridized carbons (Fsp3) is 0.294. The Morgan fingerprint density at radius 3 is 2.60 bits per heavy atom. The largest absolute Gasteiger partial charge is 0.306 e. The summed E-state index contributed by atoms with van der Waals surface area (Å²) in [5, 5.41) is 4.40. The van der Waals surface area contributed by atoms with Crippen LogP contribution in [-0.2, 0) is 0 Å². The summed E-state index contributed by atoms with van der Waals surface area (Å²) >= 11 is 9.95. The smallest absolute Gasteiger partial charge is 0.0594 e. The number of aryl methyl sites for hydroxylation is 1. The van der Waals surface area contributed by atoms with Gasteiger partial charge in [0.25, 0.3) is 0 Å². The van der Waals surface area contributed by atoms with Crippen molar-refractivity contribution in [2.45, 2.75) is 26.3 Å². The summed E-state index contributed by atoms with van der Waals surface area (Å²) in [4.78, 5) is 0. The third-order valence-electron chi connectivity index (χ3n) is 3.37. The molecule has 1 unspecified atom stereocenters. The first-order valence-corrected chi connectivity index (χ1v) is 8.04. The van der Waals surface area contributed by atoms with Gasteiger partial charge in [0.15, 0.2) is 0 Å². The molecule has 1 nitrogen and oxygen atoms in total. The van der Waals surface area contributed by atoms with E-state index in [0.29, 0.717) is 0 Å². The van der Waals surface area contributed by atoms with Crippen molar-refractivity contribution in [2.24, 2.45) is 0 Å². The number of rotatable bonds is 5.